The molecule has 1 rings (SSSR count). The van der Waals surface area contributed by atoms with Gasteiger partial charge in [0.2, 0.25) is 5.91 Å². The summed E-state index contributed by atoms with van der Waals surface area (Å²) >= 11 is 0. The van der Waals surface area contributed by atoms with Crippen molar-refractivity contribution in [2.75, 3.05) is 6.61 Å². The first-order valence-electron chi connectivity index (χ1n) is 7.27. The van der Waals surface area contributed by atoms with E-state index < -0.39 is 5.54 Å². The fourth-order valence-corrected chi connectivity index (χ4v) is 2.90. The summed E-state index contributed by atoms with van der Waals surface area (Å²) in [6, 6.07) is 0. The summed E-state index contributed by atoms with van der Waals surface area (Å²) in [6.07, 6.45) is 6.74. The van der Waals surface area contributed by atoms with Gasteiger partial charge in [-0.3, -0.25) is 4.79 Å². The maximum absolute atomic E-state index is 12.7. The first kappa shape index (κ1) is 15.5. The third-order valence-corrected chi connectivity index (χ3v) is 4.40. The van der Waals surface area contributed by atoms with Crippen molar-refractivity contribution in [1.29, 1.82) is 0 Å². The van der Waals surface area contributed by atoms with Crippen LogP contribution in [-0.4, -0.2) is 23.2 Å². The van der Waals surface area contributed by atoms with Crippen LogP contribution in [0.5, 0.6) is 0 Å². The summed E-state index contributed by atoms with van der Waals surface area (Å²) in [6.45, 7) is 8.02. The zero-order valence-corrected chi connectivity index (χ0v) is 12.4. The van der Waals surface area contributed by atoms with Gasteiger partial charge in [-0.1, -0.05) is 39.5 Å². The van der Waals surface area contributed by atoms with Crippen molar-refractivity contribution in [2.24, 2.45) is 11.3 Å². The van der Waals surface area contributed by atoms with Gasteiger partial charge in [-0.05, 0) is 32.6 Å². The molecule has 3 nitrogen and oxygen atoms in total. The number of rotatable bonds is 4. The first-order valence-corrected chi connectivity index (χ1v) is 7.27. The van der Waals surface area contributed by atoms with Crippen LogP contribution in [0.15, 0.2) is 0 Å². The summed E-state index contributed by atoms with van der Waals surface area (Å²) < 4.78 is 0. The average molecular weight is 255 g/mol. The second-order valence-corrected chi connectivity index (χ2v) is 6.72. The molecule has 1 aliphatic carbocycles. The molecule has 1 fully saturated rings. The number of aliphatic hydroxyl groups excluding tert-OH is 1. The minimum atomic E-state index is -0.523. The molecular weight excluding hydrogens is 226 g/mol. The van der Waals surface area contributed by atoms with Crippen LogP contribution in [0.3, 0.4) is 0 Å². The fraction of sp³-hybridized carbons (Fsp3) is 0.933. The molecule has 0 aliphatic heterocycles. The van der Waals surface area contributed by atoms with Gasteiger partial charge in [0.25, 0.3) is 0 Å². The highest BCUT2D eigenvalue weighted by Crippen LogP contribution is 2.41. The summed E-state index contributed by atoms with van der Waals surface area (Å²) in [5.41, 5.74) is -0.756. The summed E-state index contributed by atoms with van der Waals surface area (Å²) in [4.78, 5) is 12.7. The standard InChI is InChI=1S/C15H29NO2/c1-12(2)15(9-7-5-6-8-10-15)13(18)16-14(3,4)11-17/h12,17H,5-11H2,1-4H3,(H,16,18). The summed E-state index contributed by atoms with van der Waals surface area (Å²) in [7, 11) is 0. The van der Waals surface area contributed by atoms with Gasteiger partial charge in [0.05, 0.1) is 17.6 Å². The van der Waals surface area contributed by atoms with Crippen LogP contribution in [0.2, 0.25) is 0 Å². The molecule has 1 aliphatic rings. The Hall–Kier alpha value is -0.570. The van der Waals surface area contributed by atoms with Gasteiger partial charge in [-0.15, -0.1) is 0 Å². The molecule has 2 N–H and O–H groups in total. The van der Waals surface area contributed by atoms with E-state index in [4.69, 9.17) is 0 Å². The van der Waals surface area contributed by atoms with Crippen molar-refractivity contribution in [3.05, 3.63) is 0 Å². The normalized spacial score (nSPS) is 20.6. The SMILES string of the molecule is CC(C)C1(C(=O)NC(C)(C)CO)CCCCCC1. The van der Waals surface area contributed by atoms with E-state index in [2.05, 4.69) is 19.2 Å². The van der Waals surface area contributed by atoms with Crippen molar-refractivity contribution in [3.63, 3.8) is 0 Å². The molecule has 0 aromatic carbocycles. The predicted molar refractivity (Wildman–Crippen MR) is 74.3 cm³/mol. The lowest BCUT2D eigenvalue weighted by molar-refractivity contribution is -0.137. The molecule has 0 atom stereocenters. The minimum absolute atomic E-state index is 0.0209. The molecule has 0 aromatic rings. The van der Waals surface area contributed by atoms with Crippen molar-refractivity contribution in [3.8, 4) is 0 Å². The van der Waals surface area contributed by atoms with Crippen molar-refractivity contribution in [2.45, 2.75) is 71.8 Å². The van der Waals surface area contributed by atoms with Crippen molar-refractivity contribution >= 4 is 5.91 Å². The van der Waals surface area contributed by atoms with Gasteiger partial charge in [-0.2, -0.15) is 0 Å². The molecule has 0 radical (unpaired) electrons. The van der Waals surface area contributed by atoms with E-state index >= 15 is 0 Å². The van der Waals surface area contributed by atoms with Crippen LogP contribution in [-0.2, 0) is 4.79 Å². The van der Waals surface area contributed by atoms with Gasteiger partial charge in [0, 0.05) is 0 Å². The lowest BCUT2D eigenvalue weighted by Gasteiger charge is -2.38. The Kier molecular flexibility index (Phi) is 5.20. The second-order valence-electron chi connectivity index (χ2n) is 6.72. The van der Waals surface area contributed by atoms with Gasteiger partial charge in [0.15, 0.2) is 0 Å². The number of carbonyl (C=O) groups excluding carboxylic acids is 1. The molecule has 0 bridgehead atoms. The average Bonchev–Trinajstić information content (AvgIpc) is 2.54. The van der Waals surface area contributed by atoms with Crippen LogP contribution in [0.4, 0.5) is 0 Å². The van der Waals surface area contributed by atoms with Crippen molar-refractivity contribution < 1.29 is 9.90 Å². The van der Waals surface area contributed by atoms with E-state index in [9.17, 15) is 9.90 Å². The number of aliphatic hydroxyl groups is 1. The van der Waals surface area contributed by atoms with E-state index in [1.165, 1.54) is 12.8 Å². The lowest BCUT2D eigenvalue weighted by Crippen LogP contribution is -2.54. The van der Waals surface area contributed by atoms with E-state index in [-0.39, 0.29) is 17.9 Å². The Morgan fingerprint density at radius 3 is 2.11 bits per heavy atom. The Morgan fingerprint density at radius 1 is 1.22 bits per heavy atom. The summed E-state index contributed by atoms with van der Waals surface area (Å²) in [5, 5.41) is 12.3. The highest BCUT2D eigenvalue weighted by Gasteiger charge is 2.42. The predicted octanol–water partition coefficient (Wildman–Crippen LogP) is 2.87. The maximum atomic E-state index is 12.7. The largest absolute Gasteiger partial charge is 0.394 e. The van der Waals surface area contributed by atoms with Crippen LogP contribution in [0.1, 0.15) is 66.2 Å². The number of hydrogen-bond acceptors (Lipinski definition) is 2. The van der Waals surface area contributed by atoms with Crippen LogP contribution in [0.25, 0.3) is 0 Å². The van der Waals surface area contributed by atoms with Gasteiger partial charge >= 0.3 is 0 Å². The van der Waals surface area contributed by atoms with Crippen molar-refractivity contribution in [1.82, 2.24) is 5.32 Å². The fourth-order valence-electron chi connectivity index (χ4n) is 2.90. The molecule has 106 valence electrons. The van der Waals surface area contributed by atoms with E-state index in [1.54, 1.807) is 0 Å². The zero-order valence-electron chi connectivity index (χ0n) is 12.4. The van der Waals surface area contributed by atoms with Crippen LogP contribution < -0.4 is 5.32 Å². The Labute approximate surface area is 111 Å². The topological polar surface area (TPSA) is 49.3 Å². The molecule has 0 heterocycles. The highest BCUT2D eigenvalue weighted by atomic mass is 16.3. The molecule has 0 saturated heterocycles. The number of nitrogens with one attached hydrogen (secondary N) is 1. The smallest absolute Gasteiger partial charge is 0.226 e. The molecule has 0 unspecified atom stereocenters. The van der Waals surface area contributed by atoms with Gasteiger partial charge < -0.3 is 10.4 Å². The van der Waals surface area contributed by atoms with E-state index in [1.807, 2.05) is 13.8 Å². The molecule has 0 spiro atoms. The molecule has 0 aromatic heterocycles. The number of hydrogen-bond donors (Lipinski definition) is 2. The number of carbonyl (C=O) groups is 1. The third kappa shape index (κ3) is 3.47. The Bertz CT molecular complexity index is 276. The highest BCUT2D eigenvalue weighted by molar-refractivity contribution is 5.83. The quantitative estimate of drug-likeness (QED) is 0.759. The second kappa shape index (κ2) is 6.05. The molecular formula is C15H29NO2. The van der Waals surface area contributed by atoms with E-state index in [0.717, 1.165) is 25.7 Å². The molecule has 3 heteroatoms. The van der Waals surface area contributed by atoms with Crippen LogP contribution in [0, 0.1) is 11.3 Å². The molecule has 18 heavy (non-hydrogen) atoms. The van der Waals surface area contributed by atoms with E-state index in [0.29, 0.717) is 5.92 Å². The molecule has 1 amide bonds. The zero-order chi connectivity index (χ0) is 13.8. The monoisotopic (exact) mass is 255 g/mol. The van der Waals surface area contributed by atoms with Gasteiger partial charge in [-0.25, -0.2) is 0 Å². The third-order valence-electron chi connectivity index (χ3n) is 4.40. The first-order chi connectivity index (χ1) is 8.34. The maximum Gasteiger partial charge on any atom is 0.226 e. The lowest BCUT2D eigenvalue weighted by atomic mass is 9.70. The minimum Gasteiger partial charge on any atom is -0.394 e. The van der Waals surface area contributed by atoms with Gasteiger partial charge in [0.1, 0.15) is 0 Å². The molecule has 1 saturated carbocycles. The Morgan fingerprint density at radius 2 is 1.72 bits per heavy atom. The van der Waals surface area contributed by atoms with Crippen LogP contribution >= 0.6 is 0 Å². The number of amides is 1. The Balaban J connectivity index is 2.86. The summed E-state index contributed by atoms with van der Waals surface area (Å²) in [5.74, 6) is 0.489.